The number of hydrogen-bond acceptors (Lipinski definition) is 3. The minimum atomic E-state index is 0.0554. The smallest absolute Gasteiger partial charge is 0.111 e. The Morgan fingerprint density at radius 3 is 2.60 bits per heavy atom. The minimum Gasteiger partial charge on any atom is -0.499 e. The van der Waals surface area contributed by atoms with Crippen molar-refractivity contribution in [2.75, 3.05) is 26.4 Å². The van der Waals surface area contributed by atoms with E-state index in [0.29, 0.717) is 19.8 Å². The number of ether oxygens (including phenoxy) is 2. The van der Waals surface area contributed by atoms with Gasteiger partial charge in [-0.2, -0.15) is 0 Å². The Balaban J connectivity index is 2.07. The highest BCUT2D eigenvalue weighted by Crippen LogP contribution is 2.00. The molecule has 0 saturated carbocycles. The normalized spacial score (nSPS) is 10.7. The van der Waals surface area contributed by atoms with Crippen molar-refractivity contribution in [2.24, 2.45) is 0 Å². The van der Waals surface area contributed by atoms with Crippen molar-refractivity contribution in [1.82, 2.24) is 0 Å². The Morgan fingerprint density at radius 2 is 1.87 bits per heavy atom. The van der Waals surface area contributed by atoms with Crippen molar-refractivity contribution in [3.05, 3.63) is 42.2 Å². The number of aliphatic hydroxyl groups excluding tert-OH is 1. The number of hydrogen-bond donors (Lipinski definition) is 1. The molecular weight excluding hydrogens is 192 g/mol. The molecule has 3 nitrogen and oxygen atoms in total. The van der Waals surface area contributed by atoms with E-state index >= 15 is 0 Å². The Labute approximate surface area is 90.0 Å². The third-order valence-electron chi connectivity index (χ3n) is 1.74. The molecule has 0 aliphatic heterocycles. The summed E-state index contributed by atoms with van der Waals surface area (Å²) in [4.78, 5) is 0. The second-order valence-corrected chi connectivity index (χ2v) is 2.92. The van der Waals surface area contributed by atoms with Crippen molar-refractivity contribution < 1.29 is 14.6 Å². The van der Waals surface area contributed by atoms with Gasteiger partial charge >= 0.3 is 0 Å². The van der Waals surface area contributed by atoms with E-state index in [1.807, 2.05) is 36.4 Å². The average molecular weight is 208 g/mol. The maximum Gasteiger partial charge on any atom is 0.111 e. The molecule has 0 spiro atoms. The molecule has 15 heavy (non-hydrogen) atoms. The summed E-state index contributed by atoms with van der Waals surface area (Å²) in [6.45, 7) is 1.43. The van der Waals surface area contributed by atoms with E-state index in [1.165, 1.54) is 0 Å². The van der Waals surface area contributed by atoms with E-state index in [-0.39, 0.29) is 6.61 Å². The Kier molecular flexibility index (Phi) is 6.29. The highest BCUT2D eigenvalue weighted by Gasteiger charge is 1.86. The van der Waals surface area contributed by atoms with Gasteiger partial charge in [-0.1, -0.05) is 30.3 Å². The predicted octanol–water partition coefficient (Wildman–Crippen LogP) is 1.68. The molecule has 0 aliphatic rings. The zero-order valence-corrected chi connectivity index (χ0v) is 8.63. The van der Waals surface area contributed by atoms with Gasteiger partial charge in [0, 0.05) is 0 Å². The Hall–Kier alpha value is -1.32. The van der Waals surface area contributed by atoms with E-state index in [9.17, 15) is 0 Å². The van der Waals surface area contributed by atoms with Crippen molar-refractivity contribution in [2.45, 2.75) is 0 Å². The molecule has 0 amide bonds. The lowest BCUT2D eigenvalue weighted by Gasteiger charge is -2.01. The van der Waals surface area contributed by atoms with Gasteiger partial charge in [0.2, 0.25) is 0 Å². The lowest BCUT2D eigenvalue weighted by atomic mass is 10.2. The van der Waals surface area contributed by atoms with Crippen LogP contribution in [0.5, 0.6) is 0 Å². The number of aliphatic hydroxyl groups is 1. The summed E-state index contributed by atoms with van der Waals surface area (Å²) in [5.41, 5.74) is 1.11. The lowest BCUT2D eigenvalue weighted by Crippen LogP contribution is -2.04. The highest BCUT2D eigenvalue weighted by molar-refractivity contribution is 5.47. The van der Waals surface area contributed by atoms with Crippen LogP contribution in [0.2, 0.25) is 0 Å². The van der Waals surface area contributed by atoms with Gasteiger partial charge in [0.15, 0.2) is 0 Å². The molecule has 1 rings (SSSR count). The fourth-order valence-electron chi connectivity index (χ4n) is 1.03. The van der Waals surface area contributed by atoms with Gasteiger partial charge in [0.25, 0.3) is 0 Å². The maximum absolute atomic E-state index is 8.44. The molecule has 0 bridgehead atoms. The van der Waals surface area contributed by atoms with Gasteiger partial charge < -0.3 is 14.6 Å². The van der Waals surface area contributed by atoms with Crippen molar-refractivity contribution in [1.29, 1.82) is 0 Å². The first-order valence-electron chi connectivity index (χ1n) is 4.95. The SMILES string of the molecule is OCCOCCOC=Cc1ccccc1. The average Bonchev–Trinajstić information content (AvgIpc) is 2.29. The standard InChI is InChI=1S/C12H16O3/c13-7-9-15-11-10-14-8-6-12-4-2-1-3-5-12/h1-6,8,13H,7,9-11H2. The fourth-order valence-corrected chi connectivity index (χ4v) is 1.03. The zero-order valence-electron chi connectivity index (χ0n) is 8.63. The topological polar surface area (TPSA) is 38.7 Å². The summed E-state index contributed by atoms with van der Waals surface area (Å²) in [6.07, 6.45) is 3.55. The summed E-state index contributed by atoms with van der Waals surface area (Å²) in [5.74, 6) is 0. The van der Waals surface area contributed by atoms with Gasteiger partial charge in [-0.15, -0.1) is 0 Å². The summed E-state index contributed by atoms with van der Waals surface area (Å²) in [5, 5.41) is 8.44. The summed E-state index contributed by atoms with van der Waals surface area (Å²) in [7, 11) is 0. The van der Waals surface area contributed by atoms with Crippen LogP contribution in [0.3, 0.4) is 0 Å². The van der Waals surface area contributed by atoms with Crippen LogP contribution in [-0.2, 0) is 9.47 Å². The molecule has 1 aromatic rings. The summed E-state index contributed by atoms with van der Waals surface area (Å²) >= 11 is 0. The summed E-state index contributed by atoms with van der Waals surface area (Å²) < 4.78 is 10.2. The molecule has 0 unspecified atom stereocenters. The highest BCUT2D eigenvalue weighted by atomic mass is 16.5. The molecular formula is C12H16O3. The quantitative estimate of drug-likeness (QED) is 0.547. The van der Waals surface area contributed by atoms with E-state index in [0.717, 1.165) is 5.56 Å². The summed E-state index contributed by atoms with van der Waals surface area (Å²) in [6, 6.07) is 9.93. The Bertz CT molecular complexity index is 269. The van der Waals surface area contributed by atoms with E-state index in [4.69, 9.17) is 14.6 Å². The first kappa shape index (κ1) is 11.8. The third kappa shape index (κ3) is 5.88. The maximum atomic E-state index is 8.44. The minimum absolute atomic E-state index is 0.0554. The van der Waals surface area contributed by atoms with E-state index in [1.54, 1.807) is 6.26 Å². The second kappa shape index (κ2) is 8.03. The van der Waals surface area contributed by atoms with Crippen LogP contribution in [-0.4, -0.2) is 31.5 Å². The predicted molar refractivity (Wildman–Crippen MR) is 59.3 cm³/mol. The fraction of sp³-hybridized carbons (Fsp3) is 0.333. The number of benzene rings is 1. The van der Waals surface area contributed by atoms with Crippen molar-refractivity contribution in [3.63, 3.8) is 0 Å². The van der Waals surface area contributed by atoms with Crippen LogP contribution < -0.4 is 0 Å². The van der Waals surface area contributed by atoms with Crippen LogP contribution in [0.25, 0.3) is 6.08 Å². The zero-order chi connectivity index (χ0) is 10.8. The van der Waals surface area contributed by atoms with Gasteiger partial charge in [-0.3, -0.25) is 0 Å². The molecule has 1 N–H and O–H groups in total. The van der Waals surface area contributed by atoms with Crippen LogP contribution in [0.1, 0.15) is 5.56 Å². The van der Waals surface area contributed by atoms with E-state index in [2.05, 4.69) is 0 Å². The van der Waals surface area contributed by atoms with Crippen LogP contribution in [0.4, 0.5) is 0 Å². The van der Waals surface area contributed by atoms with Crippen LogP contribution >= 0.6 is 0 Å². The van der Waals surface area contributed by atoms with Gasteiger partial charge in [-0.25, -0.2) is 0 Å². The second-order valence-electron chi connectivity index (χ2n) is 2.92. The lowest BCUT2D eigenvalue weighted by molar-refractivity contribution is 0.0604. The molecule has 0 fully saturated rings. The van der Waals surface area contributed by atoms with E-state index < -0.39 is 0 Å². The largest absolute Gasteiger partial charge is 0.499 e. The van der Waals surface area contributed by atoms with Gasteiger partial charge in [0.05, 0.1) is 26.1 Å². The third-order valence-corrected chi connectivity index (χ3v) is 1.74. The van der Waals surface area contributed by atoms with Crippen molar-refractivity contribution in [3.8, 4) is 0 Å². The van der Waals surface area contributed by atoms with Gasteiger partial charge in [0.1, 0.15) is 6.61 Å². The first-order chi connectivity index (χ1) is 7.43. The molecule has 0 aliphatic carbocycles. The molecule has 0 radical (unpaired) electrons. The van der Waals surface area contributed by atoms with Crippen LogP contribution in [0, 0.1) is 0 Å². The monoisotopic (exact) mass is 208 g/mol. The van der Waals surface area contributed by atoms with Crippen molar-refractivity contribution >= 4 is 6.08 Å². The molecule has 0 saturated heterocycles. The van der Waals surface area contributed by atoms with Crippen LogP contribution in [0.15, 0.2) is 36.6 Å². The molecule has 1 aromatic carbocycles. The molecule has 0 heterocycles. The first-order valence-corrected chi connectivity index (χ1v) is 4.95. The van der Waals surface area contributed by atoms with Gasteiger partial charge in [-0.05, 0) is 11.6 Å². The molecule has 0 aromatic heterocycles. The molecule has 0 atom stereocenters. The molecule has 3 heteroatoms. The molecule has 82 valence electrons. The number of rotatable bonds is 7. The Morgan fingerprint density at radius 1 is 1.07 bits per heavy atom.